The summed E-state index contributed by atoms with van der Waals surface area (Å²) in [6.45, 7) is 0. The number of nitrogens with zero attached hydrogens (tertiary/aromatic N) is 4. The number of carboxylic acid groups (broad SMARTS) is 1. The number of nitrogen functional groups attached to an aromatic ring is 1. The molecule has 11 aromatic rings. The second-order valence-electron chi connectivity index (χ2n) is 17.8. The normalized spacial score (nSPS) is 10.8. The molecule has 4 heterocycles. The maximum absolute atomic E-state index is 12.8. The fraction of sp³-hybridized carbons (Fsp3) is 0.100. The Balaban J connectivity index is 0.000000214. The molecule has 0 spiro atoms. The summed E-state index contributed by atoms with van der Waals surface area (Å²) in [5.74, 6) is -1.43. The highest BCUT2D eigenvalue weighted by molar-refractivity contribution is 7.23. The van der Waals surface area contributed by atoms with E-state index in [1.807, 2.05) is 18.2 Å². The Bertz CT molecular complexity index is 4360. The summed E-state index contributed by atoms with van der Waals surface area (Å²) in [6, 6.07) is 33.1. The third-order valence-corrected chi connectivity index (χ3v) is 15.4. The summed E-state index contributed by atoms with van der Waals surface area (Å²) in [4.78, 5) is 61.8. The van der Waals surface area contributed by atoms with Crippen LogP contribution < -0.4 is 30.6 Å². The number of carbonyl (C=O) groups is 4. The van der Waals surface area contributed by atoms with Crippen LogP contribution in [0, 0.1) is 0 Å². The van der Waals surface area contributed by atoms with Gasteiger partial charge in [-0.25, -0.2) is 19.7 Å². The summed E-state index contributed by atoms with van der Waals surface area (Å²) in [6.07, 6.45) is -9.70. The zero-order chi connectivity index (χ0) is 68.5. The zero-order valence-electron chi connectivity index (χ0n) is 47.6. The molecule has 16 nitrogen and oxygen atoms in total. The second-order valence-corrected chi connectivity index (χ2v) is 23.1. The van der Waals surface area contributed by atoms with E-state index in [1.165, 1.54) is 82.0 Å². The number of amides is 2. The van der Waals surface area contributed by atoms with Gasteiger partial charge in [0.05, 0.1) is 85.4 Å². The number of hydrogen-bond donors (Lipinski definition) is 5. The molecule has 0 saturated heterocycles. The zero-order valence-corrected chi connectivity index (χ0v) is 54.6. The number of anilines is 3. The van der Waals surface area contributed by atoms with Crippen LogP contribution in [0.2, 0.25) is 20.1 Å². The molecule has 0 saturated carbocycles. The Morgan fingerprint density at radius 1 is 0.479 bits per heavy atom. The highest BCUT2D eigenvalue weighted by Crippen LogP contribution is 2.38. The number of pyridine rings is 1. The molecule has 34 heteroatoms. The Kier molecular flexibility index (Phi) is 27.7. The number of carbonyl (C=O) groups excluding carboxylic acids is 3. The molecular formula is C60H42Cl6F9N7O9S3. The van der Waals surface area contributed by atoms with Gasteiger partial charge in [0.1, 0.15) is 28.6 Å². The van der Waals surface area contributed by atoms with E-state index in [9.17, 15) is 63.8 Å². The Hall–Kier alpha value is -8.45. The number of aromatic carboxylic acids is 1. The standard InChI is InChI=1S/C16H10ClF3N2O2S.C15H8ClF3N2O2S.C8H6Cl2O2.C8H7ClO3.C8H5F3N2S.C5H5N.ClH/c1-24-12-5-3-9(17)7-10(12)14(23)22-15-21-11-4-2-8(16(18,19)20)6-13(11)25-15;16-8-2-4-11(22)9(6-8)13(23)21-14-20-10-3-1-7(15(17,18)19)5-12(10)24-14;2*1-12-7-3-2-5(9)4-6(7)8(10)11;9-8(10,11)4-1-2-5-6(3-4)14-7(12)13-5;1-2-4-6-5-3-1;/h2-7H,1H3,(H,21,22,23);1-6,22H,(H,20,21,23);2-4H,1H3;2-4H,1H3,(H,10,11);1-3H,(H2,12,13);1-5H;1H. The predicted octanol–water partition coefficient (Wildman–Crippen LogP) is 19.3. The average molecular weight is 1480 g/mol. The van der Waals surface area contributed by atoms with Gasteiger partial charge in [-0.2, -0.15) is 39.5 Å². The molecule has 6 N–H and O–H groups in total. The number of aromatic nitrogens is 4. The monoisotopic (exact) mass is 1480 g/mol. The smallest absolute Gasteiger partial charge is 0.416 e. The number of rotatable bonds is 9. The molecule has 4 aromatic heterocycles. The quantitative estimate of drug-likeness (QED) is 0.0668. The van der Waals surface area contributed by atoms with Crippen LogP contribution in [0.1, 0.15) is 58.1 Å². The number of fused-ring (bicyclic) bond motifs is 3. The lowest BCUT2D eigenvalue weighted by atomic mass is 10.2. The van der Waals surface area contributed by atoms with Crippen LogP contribution >= 0.6 is 104 Å². The topological polar surface area (TPSA) is 238 Å². The van der Waals surface area contributed by atoms with Gasteiger partial charge in [-0.05, 0) is 151 Å². The first-order valence-corrected chi connectivity index (χ1v) is 29.7. The van der Waals surface area contributed by atoms with Crippen molar-refractivity contribution in [1.29, 1.82) is 0 Å². The molecule has 0 bridgehead atoms. The van der Waals surface area contributed by atoms with Crippen molar-refractivity contribution < 1.29 is 83.1 Å². The lowest BCUT2D eigenvalue weighted by molar-refractivity contribution is -0.138. The van der Waals surface area contributed by atoms with Crippen LogP contribution in [-0.4, -0.2) is 74.5 Å². The summed E-state index contributed by atoms with van der Waals surface area (Å²) in [7, 11) is 4.29. The van der Waals surface area contributed by atoms with Crippen LogP contribution in [0.15, 0.2) is 158 Å². The van der Waals surface area contributed by atoms with Gasteiger partial charge in [-0.15, -0.1) is 12.4 Å². The lowest BCUT2D eigenvalue weighted by Crippen LogP contribution is -2.13. The largest absolute Gasteiger partial charge is 0.507 e. The minimum Gasteiger partial charge on any atom is -0.507 e. The van der Waals surface area contributed by atoms with E-state index < -0.39 is 58.2 Å². The number of nitrogens with one attached hydrogen (secondary N) is 2. The number of methoxy groups -OCH3 is 3. The summed E-state index contributed by atoms with van der Waals surface area (Å²) in [5.41, 5.74) is 4.85. The molecule has 0 radical (unpaired) electrons. The molecule has 0 fully saturated rings. The third kappa shape index (κ3) is 22.1. The van der Waals surface area contributed by atoms with Crippen molar-refractivity contribution in [2.24, 2.45) is 0 Å². The highest BCUT2D eigenvalue weighted by Gasteiger charge is 2.33. The second kappa shape index (κ2) is 34.1. The molecule has 0 aliphatic carbocycles. The third-order valence-electron chi connectivity index (χ3n) is 11.5. The van der Waals surface area contributed by atoms with E-state index in [-0.39, 0.29) is 65.5 Å². The van der Waals surface area contributed by atoms with Crippen molar-refractivity contribution in [2.45, 2.75) is 18.5 Å². The fourth-order valence-electron chi connectivity index (χ4n) is 7.30. The van der Waals surface area contributed by atoms with Gasteiger partial charge in [0.2, 0.25) is 0 Å². The molecule has 7 aromatic carbocycles. The van der Waals surface area contributed by atoms with Crippen LogP contribution in [0.4, 0.5) is 54.9 Å². The van der Waals surface area contributed by atoms with Gasteiger partial charge in [0.25, 0.3) is 17.1 Å². The number of ether oxygens (including phenoxy) is 3. The molecule has 0 aliphatic heterocycles. The number of nitrogens with two attached hydrogens (primary N) is 1. The number of thiazole rings is 3. The number of halogens is 15. The van der Waals surface area contributed by atoms with E-state index in [2.05, 4.69) is 30.6 Å². The van der Waals surface area contributed by atoms with E-state index >= 15 is 0 Å². The van der Waals surface area contributed by atoms with Gasteiger partial charge in [0, 0.05) is 32.5 Å². The number of alkyl halides is 9. The molecule has 494 valence electrons. The summed E-state index contributed by atoms with van der Waals surface area (Å²) < 4.78 is 129. The van der Waals surface area contributed by atoms with E-state index in [4.69, 9.17) is 83.1 Å². The van der Waals surface area contributed by atoms with Crippen LogP contribution in [-0.2, 0) is 18.5 Å². The number of benzene rings is 7. The first kappa shape index (κ1) is 76.3. The maximum atomic E-state index is 12.8. The van der Waals surface area contributed by atoms with Crippen molar-refractivity contribution in [2.75, 3.05) is 37.7 Å². The lowest BCUT2D eigenvalue weighted by Gasteiger charge is -2.08. The van der Waals surface area contributed by atoms with Crippen molar-refractivity contribution >= 4 is 173 Å². The molecule has 0 aliphatic rings. The first-order chi connectivity index (χ1) is 43.8. The molecular weight excluding hydrogens is 1440 g/mol. The number of phenols is 1. The van der Waals surface area contributed by atoms with Gasteiger partial charge < -0.3 is 30.2 Å². The van der Waals surface area contributed by atoms with Gasteiger partial charge >= 0.3 is 24.5 Å². The first-order valence-electron chi connectivity index (χ1n) is 25.4. The van der Waals surface area contributed by atoms with Gasteiger partial charge in [-0.3, -0.25) is 30.0 Å². The highest BCUT2D eigenvalue weighted by atomic mass is 35.5. The summed E-state index contributed by atoms with van der Waals surface area (Å²) in [5, 5.41) is 24.8. The molecule has 2 amide bonds. The Labute approximate surface area is 569 Å². The van der Waals surface area contributed by atoms with Crippen molar-refractivity contribution in [3.63, 3.8) is 0 Å². The van der Waals surface area contributed by atoms with Gasteiger partial charge in [0.15, 0.2) is 15.4 Å². The fourth-order valence-corrected chi connectivity index (χ4v) is 10.7. The van der Waals surface area contributed by atoms with Crippen molar-refractivity contribution in [3.05, 3.63) is 217 Å². The SMILES string of the molecule is COc1ccc(Cl)cc1C(=O)Cl.COc1ccc(Cl)cc1C(=O)Nc1nc2ccc(C(F)(F)F)cc2s1.COc1ccc(Cl)cc1C(=O)O.Cl.Nc1nc2ccc(C(F)(F)F)cc2s1.O=C(Nc1nc2ccc(C(F)(F)F)cc2s1)c1cc(Cl)ccc1O.c1ccncc1. The Morgan fingerprint density at radius 2 is 0.830 bits per heavy atom. The van der Waals surface area contributed by atoms with E-state index in [1.54, 1.807) is 42.7 Å². The minimum absolute atomic E-state index is 0. The van der Waals surface area contributed by atoms with Crippen LogP contribution in [0.25, 0.3) is 30.6 Å². The molecule has 11 rings (SSSR count). The van der Waals surface area contributed by atoms with Crippen molar-refractivity contribution in [1.82, 2.24) is 19.9 Å². The number of aromatic hydroxyl groups is 1. The van der Waals surface area contributed by atoms with Crippen LogP contribution in [0.3, 0.4) is 0 Å². The predicted molar refractivity (Wildman–Crippen MR) is 350 cm³/mol. The average Bonchev–Trinajstić information content (AvgIpc) is 1.66. The summed E-state index contributed by atoms with van der Waals surface area (Å²) >= 11 is 31.1. The number of hydrogen-bond acceptors (Lipinski definition) is 16. The van der Waals surface area contributed by atoms with Crippen molar-refractivity contribution in [3.8, 4) is 23.0 Å². The number of carboxylic acids is 1. The van der Waals surface area contributed by atoms with Crippen LogP contribution in [0.5, 0.6) is 23.0 Å². The molecule has 0 atom stereocenters. The Morgan fingerprint density at radius 3 is 1.20 bits per heavy atom. The maximum Gasteiger partial charge on any atom is 0.416 e. The van der Waals surface area contributed by atoms with Gasteiger partial charge in [-0.1, -0.05) is 86.5 Å². The molecule has 0 unspecified atom stereocenters. The minimum atomic E-state index is -4.45. The molecule has 94 heavy (non-hydrogen) atoms. The van der Waals surface area contributed by atoms with E-state index in [0.29, 0.717) is 58.3 Å². The van der Waals surface area contributed by atoms with E-state index in [0.717, 1.165) is 70.4 Å². The number of phenolic OH excluding ortho intramolecular Hbond substituents is 1.